The third kappa shape index (κ3) is 3.13. The van der Waals surface area contributed by atoms with Crippen molar-refractivity contribution in [3.05, 3.63) is 35.9 Å². The van der Waals surface area contributed by atoms with Crippen LogP contribution in [0.3, 0.4) is 0 Å². The summed E-state index contributed by atoms with van der Waals surface area (Å²) in [5.74, 6) is 1.27. The summed E-state index contributed by atoms with van der Waals surface area (Å²) in [5.41, 5.74) is 1.01. The van der Waals surface area contributed by atoms with Crippen LogP contribution in [-0.4, -0.2) is 26.3 Å². The summed E-state index contributed by atoms with van der Waals surface area (Å²) in [4.78, 5) is 11.2. The Hall–Kier alpha value is -1.97. The highest BCUT2D eigenvalue weighted by molar-refractivity contribution is 5.66. The molecule has 0 spiro atoms. The molecule has 1 aliphatic carbocycles. The molecule has 0 aliphatic heterocycles. The van der Waals surface area contributed by atoms with E-state index in [1.165, 1.54) is 6.92 Å². The predicted molar refractivity (Wildman–Crippen MR) is 76.2 cm³/mol. The minimum atomic E-state index is -0.247. The maximum absolute atomic E-state index is 11.2. The van der Waals surface area contributed by atoms with Crippen molar-refractivity contribution in [1.29, 1.82) is 0 Å². The maximum Gasteiger partial charge on any atom is 0.302 e. The van der Waals surface area contributed by atoms with Gasteiger partial charge in [0.15, 0.2) is 0 Å². The first-order chi connectivity index (χ1) is 9.65. The first-order valence-electron chi connectivity index (χ1n) is 6.71. The molecule has 1 aromatic carbocycles. The van der Waals surface area contributed by atoms with Gasteiger partial charge in [-0.15, -0.1) is 0 Å². The molecule has 1 aliphatic rings. The minimum absolute atomic E-state index is 0.0218. The van der Waals surface area contributed by atoms with Gasteiger partial charge in [-0.25, -0.2) is 0 Å². The van der Waals surface area contributed by atoms with Crippen molar-refractivity contribution in [3.8, 4) is 11.5 Å². The van der Waals surface area contributed by atoms with E-state index in [-0.39, 0.29) is 18.0 Å². The van der Waals surface area contributed by atoms with E-state index in [1.807, 2.05) is 18.2 Å². The smallest absolute Gasteiger partial charge is 0.302 e. The second kappa shape index (κ2) is 6.46. The van der Waals surface area contributed by atoms with E-state index in [4.69, 9.17) is 14.2 Å². The lowest BCUT2D eigenvalue weighted by Gasteiger charge is -2.28. The number of hydrogen-bond donors (Lipinski definition) is 0. The molecule has 0 aromatic heterocycles. The second-order valence-electron chi connectivity index (χ2n) is 4.79. The summed E-state index contributed by atoms with van der Waals surface area (Å²) in [7, 11) is 3.25. The van der Waals surface area contributed by atoms with Crippen molar-refractivity contribution in [2.45, 2.75) is 31.8 Å². The van der Waals surface area contributed by atoms with E-state index >= 15 is 0 Å². The maximum atomic E-state index is 11.2. The summed E-state index contributed by atoms with van der Waals surface area (Å²) in [5, 5.41) is 0. The third-order valence-electron chi connectivity index (χ3n) is 3.48. The zero-order valence-electron chi connectivity index (χ0n) is 12.1. The number of carbonyl (C=O) groups is 1. The number of carbonyl (C=O) groups excluding carboxylic acids is 1. The number of benzene rings is 1. The first-order valence-corrected chi connectivity index (χ1v) is 6.71. The van der Waals surface area contributed by atoms with Gasteiger partial charge >= 0.3 is 5.97 Å². The number of esters is 1. The van der Waals surface area contributed by atoms with Crippen molar-refractivity contribution in [3.63, 3.8) is 0 Å². The number of rotatable bonds is 4. The molecule has 2 rings (SSSR count). The average Bonchev–Trinajstić information content (AvgIpc) is 2.46. The van der Waals surface area contributed by atoms with Crippen LogP contribution >= 0.6 is 0 Å². The lowest BCUT2D eigenvalue weighted by molar-refractivity contribution is -0.147. The Labute approximate surface area is 119 Å². The Morgan fingerprint density at radius 2 is 2.05 bits per heavy atom. The number of allylic oxidation sites excluding steroid dienone is 1. The number of ether oxygens (including phenoxy) is 3. The molecule has 108 valence electrons. The van der Waals surface area contributed by atoms with E-state index in [9.17, 15) is 4.79 Å². The molecule has 0 amide bonds. The Morgan fingerprint density at radius 1 is 1.25 bits per heavy atom. The van der Waals surface area contributed by atoms with Gasteiger partial charge in [0.25, 0.3) is 0 Å². The van der Waals surface area contributed by atoms with Crippen LogP contribution < -0.4 is 9.47 Å². The zero-order valence-corrected chi connectivity index (χ0v) is 12.1. The van der Waals surface area contributed by atoms with Gasteiger partial charge < -0.3 is 14.2 Å². The normalized spacial score (nSPS) is 21.4. The van der Waals surface area contributed by atoms with Crippen molar-refractivity contribution in [2.24, 2.45) is 0 Å². The summed E-state index contributed by atoms with van der Waals surface area (Å²) in [6.45, 7) is 1.45. The molecule has 0 radical (unpaired) electrons. The van der Waals surface area contributed by atoms with Crippen molar-refractivity contribution in [2.75, 3.05) is 14.2 Å². The number of hydrogen-bond acceptors (Lipinski definition) is 4. The Kier molecular flexibility index (Phi) is 4.66. The van der Waals surface area contributed by atoms with Crippen molar-refractivity contribution in [1.82, 2.24) is 0 Å². The van der Waals surface area contributed by atoms with E-state index in [1.54, 1.807) is 14.2 Å². The SMILES string of the molecule is COc1ccc([C@@H]2C=CCC[C@H]2OC(C)=O)c(OC)c1. The molecule has 2 atom stereocenters. The Bertz CT molecular complexity index is 507. The van der Waals surface area contributed by atoms with Gasteiger partial charge in [-0.05, 0) is 18.9 Å². The van der Waals surface area contributed by atoms with E-state index in [0.717, 1.165) is 29.9 Å². The van der Waals surface area contributed by atoms with Crippen LogP contribution in [0, 0.1) is 0 Å². The van der Waals surface area contributed by atoms with Gasteiger partial charge in [-0.2, -0.15) is 0 Å². The van der Waals surface area contributed by atoms with Crippen molar-refractivity contribution < 1.29 is 19.0 Å². The van der Waals surface area contributed by atoms with Crippen LogP contribution in [0.4, 0.5) is 0 Å². The van der Waals surface area contributed by atoms with Crippen molar-refractivity contribution >= 4 is 5.97 Å². The minimum Gasteiger partial charge on any atom is -0.497 e. The molecule has 0 saturated heterocycles. The second-order valence-corrected chi connectivity index (χ2v) is 4.79. The van der Waals surface area contributed by atoms with Crippen LogP contribution in [0.1, 0.15) is 31.2 Å². The summed E-state index contributed by atoms with van der Waals surface area (Å²) >= 11 is 0. The van der Waals surface area contributed by atoms with Gasteiger partial charge in [0, 0.05) is 24.5 Å². The van der Waals surface area contributed by atoms with Gasteiger partial charge in [0.05, 0.1) is 14.2 Å². The number of methoxy groups -OCH3 is 2. The molecular weight excluding hydrogens is 256 g/mol. The summed E-state index contributed by atoms with van der Waals surface area (Å²) in [6, 6.07) is 5.71. The van der Waals surface area contributed by atoms with Crippen LogP contribution in [0.2, 0.25) is 0 Å². The largest absolute Gasteiger partial charge is 0.497 e. The molecular formula is C16H20O4. The van der Waals surface area contributed by atoms with Crippen LogP contribution in [0.5, 0.6) is 11.5 Å². The first kappa shape index (κ1) is 14.4. The molecule has 0 bridgehead atoms. The van der Waals surface area contributed by atoms with E-state index in [0.29, 0.717) is 0 Å². The molecule has 4 heteroatoms. The highest BCUT2D eigenvalue weighted by Crippen LogP contribution is 2.37. The predicted octanol–water partition coefficient (Wildman–Crippen LogP) is 3.07. The quantitative estimate of drug-likeness (QED) is 0.626. The van der Waals surface area contributed by atoms with E-state index in [2.05, 4.69) is 12.2 Å². The fourth-order valence-electron chi connectivity index (χ4n) is 2.55. The fourth-order valence-corrected chi connectivity index (χ4v) is 2.55. The summed E-state index contributed by atoms with van der Waals surface area (Å²) in [6.07, 6.45) is 5.82. The molecule has 0 N–H and O–H groups in total. The molecule has 0 saturated carbocycles. The average molecular weight is 276 g/mol. The molecule has 4 nitrogen and oxygen atoms in total. The van der Waals surface area contributed by atoms with Gasteiger partial charge in [-0.1, -0.05) is 18.2 Å². The third-order valence-corrected chi connectivity index (χ3v) is 3.48. The van der Waals surface area contributed by atoms with Gasteiger partial charge in [0.2, 0.25) is 0 Å². The van der Waals surface area contributed by atoms with E-state index < -0.39 is 0 Å². The van der Waals surface area contributed by atoms with Gasteiger partial charge in [0.1, 0.15) is 17.6 Å². The Morgan fingerprint density at radius 3 is 2.70 bits per heavy atom. The lowest BCUT2D eigenvalue weighted by Crippen LogP contribution is -2.25. The molecule has 20 heavy (non-hydrogen) atoms. The topological polar surface area (TPSA) is 44.8 Å². The zero-order chi connectivity index (χ0) is 14.5. The molecule has 0 fully saturated rings. The van der Waals surface area contributed by atoms with Crippen LogP contribution in [-0.2, 0) is 9.53 Å². The molecule has 0 heterocycles. The highest BCUT2D eigenvalue weighted by Gasteiger charge is 2.28. The van der Waals surface area contributed by atoms with Crippen LogP contribution in [0.25, 0.3) is 0 Å². The summed E-state index contributed by atoms with van der Waals surface area (Å²) < 4.78 is 16.1. The monoisotopic (exact) mass is 276 g/mol. The molecule has 0 unspecified atom stereocenters. The molecule has 1 aromatic rings. The highest BCUT2D eigenvalue weighted by atomic mass is 16.5. The lowest BCUT2D eigenvalue weighted by atomic mass is 9.86. The van der Waals surface area contributed by atoms with Crippen LogP contribution in [0.15, 0.2) is 30.4 Å². The standard InChI is InChI=1S/C16H20O4/c1-11(17)20-15-7-5-4-6-13(15)14-9-8-12(18-2)10-16(14)19-3/h4,6,8-10,13,15H,5,7H2,1-3H3/t13-,15+/m0/s1. The Balaban J connectivity index is 2.34. The van der Waals surface area contributed by atoms with Gasteiger partial charge in [-0.3, -0.25) is 4.79 Å². The fraction of sp³-hybridized carbons (Fsp3) is 0.438.